The third-order valence-corrected chi connectivity index (χ3v) is 5.95. The second-order valence-electron chi connectivity index (χ2n) is 7.42. The van der Waals surface area contributed by atoms with Gasteiger partial charge in [-0.05, 0) is 67.8 Å². The molecule has 0 bridgehead atoms. The number of ether oxygens (including phenoxy) is 1. The van der Waals surface area contributed by atoms with E-state index >= 15 is 0 Å². The quantitative estimate of drug-likeness (QED) is 0.856. The van der Waals surface area contributed by atoms with Gasteiger partial charge in [0.2, 0.25) is 0 Å². The fourth-order valence-corrected chi connectivity index (χ4v) is 4.34. The van der Waals surface area contributed by atoms with Crippen molar-refractivity contribution in [3.63, 3.8) is 0 Å². The van der Waals surface area contributed by atoms with Crippen LogP contribution in [0, 0.1) is 0 Å². The lowest BCUT2D eigenvalue weighted by Crippen LogP contribution is -2.61. The first-order valence-corrected chi connectivity index (χ1v) is 9.53. The number of rotatable bonds is 4. The molecule has 2 fully saturated rings. The number of carbonyl (C=O) groups is 1. The summed E-state index contributed by atoms with van der Waals surface area (Å²) >= 11 is 0. The molecule has 0 aromatic heterocycles. The third kappa shape index (κ3) is 3.16. The standard InChI is InChI=1S/C22H26N2O2/c1-26-20-11-5-17(6-12-20)21(25)23-18-7-9-19(10-8-18)24-16-15-22(24)13-3-2-4-14-22/h5-12H,2-4,13-16H2,1H3,(H,23,25). The summed E-state index contributed by atoms with van der Waals surface area (Å²) in [7, 11) is 1.62. The zero-order valence-electron chi connectivity index (χ0n) is 15.3. The first kappa shape index (κ1) is 17.0. The van der Waals surface area contributed by atoms with Crippen LogP contribution < -0.4 is 15.0 Å². The molecule has 0 radical (unpaired) electrons. The molecule has 1 aliphatic carbocycles. The Morgan fingerprint density at radius 3 is 2.23 bits per heavy atom. The highest BCUT2D eigenvalue weighted by Gasteiger charge is 2.44. The lowest BCUT2D eigenvalue weighted by Gasteiger charge is -2.56. The second-order valence-corrected chi connectivity index (χ2v) is 7.42. The first-order valence-electron chi connectivity index (χ1n) is 9.53. The van der Waals surface area contributed by atoms with Gasteiger partial charge in [0.25, 0.3) is 5.91 Å². The van der Waals surface area contributed by atoms with Crippen LogP contribution in [0.15, 0.2) is 48.5 Å². The molecule has 1 spiro atoms. The maximum Gasteiger partial charge on any atom is 0.255 e. The van der Waals surface area contributed by atoms with Gasteiger partial charge < -0.3 is 15.0 Å². The number of amides is 1. The highest BCUT2D eigenvalue weighted by Crippen LogP contribution is 2.45. The Labute approximate surface area is 155 Å². The van der Waals surface area contributed by atoms with Crippen LogP contribution in [0.2, 0.25) is 0 Å². The Hall–Kier alpha value is -2.49. The van der Waals surface area contributed by atoms with Crippen LogP contribution in [0.1, 0.15) is 48.9 Å². The minimum absolute atomic E-state index is 0.104. The average molecular weight is 350 g/mol. The lowest BCUT2D eigenvalue weighted by molar-refractivity contribution is 0.102. The molecule has 136 valence electrons. The fraction of sp³-hybridized carbons (Fsp3) is 0.409. The molecule has 2 aliphatic rings. The van der Waals surface area contributed by atoms with Crippen molar-refractivity contribution in [3.05, 3.63) is 54.1 Å². The van der Waals surface area contributed by atoms with Crippen LogP contribution >= 0.6 is 0 Å². The highest BCUT2D eigenvalue weighted by molar-refractivity contribution is 6.04. The van der Waals surface area contributed by atoms with E-state index in [0.29, 0.717) is 11.1 Å². The van der Waals surface area contributed by atoms with Gasteiger partial charge in [-0.3, -0.25) is 4.79 Å². The van der Waals surface area contributed by atoms with E-state index in [-0.39, 0.29) is 5.91 Å². The van der Waals surface area contributed by atoms with E-state index < -0.39 is 0 Å². The van der Waals surface area contributed by atoms with Crippen molar-refractivity contribution in [1.82, 2.24) is 0 Å². The van der Waals surface area contributed by atoms with E-state index in [1.165, 1.54) is 44.2 Å². The van der Waals surface area contributed by atoms with Gasteiger partial charge in [0.05, 0.1) is 7.11 Å². The van der Waals surface area contributed by atoms with E-state index in [2.05, 4.69) is 22.3 Å². The minimum Gasteiger partial charge on any atom is -0.497 e. The third-order valence-electron chi connectivity index (χ3n) is 5.95. The molecule has 1 aliphatic heterocycles. The molecule has 1 saturated heterocycles. The maximum atomic E-state index is 12.4. The van der Waals surface area contributed by atoms with Gasteiger partial charge >= 0.3 is 0 Å². The molecule has 26 heavy (non-hydrogen) atoms. The number of carbonyl (C=O) groups excluding carboxylic acids is 1. The van der Waals surface area contributed by atoms with Crippen molar-refractivity contribution >= 4 is 17.3 Å². The number of nitrogens with zero attached hydrogens (tertiary/aromatic N) is 1. The van der Waals surface area contributed by atoms with Crippen LogP contribution in [0.5, 0.6) is 5.75 Å². The van der Waals surface area contributed by atoms with E-state index in [9.17, 15) is 4.79 Å². The Morgan fingerprint density at radius 2 is 1.65 bits per heavy atom. The molecular weight excluding hydrogens is 324 g/mol. The van der Waals surface area contributed by atoms with Gasteiger partial charge in [0.1, 0.15) is 5.75 Å². The summed E-state index contributed by atoms with van der Waals surface area (Å²) in [6.07, 6.45) is 8.06. The zero-order valence-corrected chi connectivity index (χ0v) is 15.3. The Kier molecular flexibility index (Phi) is 4.58. The van der Waals surface area contributed by atoms with Crippen molar-refractivity contribution in [2.24, 2.45) is 0 Å². The molecule has 1 amide bonds. The Balaban J connectivity index is 1.42. The lowest BCUT2D eigenvalue weighted by atomic mass is 9.72. The van der Waals surface area contributed by atoms with Crippen LogP contribution in [0.3, 0.4) is 0 Å². The second kappa shape index (κ2) is 7.02. The van der Waals surface area contributed by atoms with Crippen LogP contribution in [0.4, 0.5) is 11.4 Å². The fourth-order valence-electron chi connectivity index (χ4n) is 4.34. The van der Waals surface area contributed by atoms with Gasteiger partial charge in [-0.2, -0.15) is 0 Å². The molecule has 2 aromatic carbocycles. The van der Waals surface area contributed by atoms with Crippen molar-refractivity contribution in [2.75, 3.05) is 23.9 Å². The van der Waals surface area contributed by atoms with Crippen molar-refractivity contribution < 1.29 is 9.53 Å². The number of benzene rings is 2. The maximum absolute atomic E-state index is 12.4. The van der Waals surface area contributed by atoms with Crippen molar-refractivity contribution in [3.8, 4) is 5.75 Å². The monoisotopic (exact) mass is 350 g/mol. The highest BCUT2D eigenvalue weighted by atomic mass is 16.5. The van der Waals surface area contributed by atoms with E-state index in [0.717, 1.165) is 18.0 Å². The van der Waals surface area contributed by atoms with E-state index in [1.807, 2.05) is 12.1 Å². The zero-order chi connectivity index (χ0) is 18.0. The molecule has 4 nitrogen and oxygen atoms in total. The van der Waals surface area contributed by atoms with Crippen molar-refractivity contribution in [1.29, 1.82) is 0 Å². The molecule has 1 heterocycles. The average Bonchev–Trinajstić information content (AvgIpc) is 2.69. The molecular formula is C22H26N2O2. The SMILES string of the molecule is COc1ccc(C(=O)Nc2ccc(N3CCC34CCCCC4)cc2)cc1. The summed E-state index contributed by atoms with van der Waals surface area (Å²) in [6, 6.07) is 15.4. The predicted molar refractivity (Wildman–Crippen MR) is 105 cm³/mol. The van der Waals surface area contributed by atoms with Crippen LogP contribution in [0.25, 0.3) is 0 Å². The smallest absolute Gasteiger partial charge is 0.255 e. The number of hydrogen-bond donors (Lipinski definition) is 1. The Morgan fingerprint density at radius 1 is 0.962 bits per heavy atom. The molecule has 0 atom stereocenters. The number of hydrogen-bond acceptors (Lipinski definition) is 3. The number of nitrogens with one attached hydrogen (secondary N) is 1. The molecule has 1 saturated carbocycles. The molecule has 2 aromatic rings. The first-order chi connectivity index (χ1) is 12.7. The van der Waals surface area contributed by atoms with Gasteiger partial charge in [-0.15, -0.1) is 0 Å². The van der Waals surface area contributed by atoms with Crippen LogP contribution in [-0.4, -0.2) is 25.1 Å². The summed E-state index contributed by atoms with van der Waals surface area (Å²) in [4.78, 5) is 15.0. The summed E-state index contributed by atoms with van der Waals surface area (Å²) in [5.74, 6) is 0.644. The summed E-state index contributed by atoms with van der Waals surface area (Å²) in [5.41, 5.74) is 3.14. The summed E-state index contributed by atoms with van der Waals surface area (Å²) in [5, 5.41) is 2.97. The number of anilines is 2. The van der Waals surface area contributed by atoms with Gasteiger partial charge in [-0.25, -0.2) is 0 Å². The summed E-state index contributed by atoms with van der Waals surface area (Å²) in [6.45, 7) is 1.15. The normalized spacial score (nSPS) is 18.3. The van der Waals surface area contributed by atoms with E-state index in [1.54, 1.807) is 31.4 Å². The molecule has 0 unspecified atom stereocenters. The Bertz CT molecular complexity index is 762. The number of methoxy groups -OCH3 is 1. The van der Waals surface area contributed by atoms with Crippen LogP contribution in [-0.2, 0) is 0 Å². The predicted octanol–water partition coefficient (Wildman–Crippen LogP) is 4.86. The van der Waals surface area contributed by atoms with Crippen molar-refractivity contribution in [2.45, 2.75) is 44.1 Å². The largest absolute Gasteiger partial charge is 0.497 e. The minimum atomic E-state index is -0.104. The molecule has 4 rings (SSSR count). The van der Waals surface area contributed by atoms with Gasteiger partial charge in [0.15, 0.2) is 0 Å². The molecule has 4 heteroatoms. The van der Waals surface area contributed by atoms with Gasteiger partial charge in [0, 0.05) is 29.0 Å². The molecule has 1 N–H and O–H groups in total. The van der Waals surface area contributed by atoms with Gasteiger partial charge in [-0.1, -0.05) is 19.3 Å². The van der Waals surface area contributed by atoms with E-state index in [4.69, 9.17) is 4.74 Å². The summed E-state index contributed by atoms with van der Waals surface area (Å²) < 4.78 is 5.13. The topological polar surface area (TPSA) is 41.6 Å².